The second-order valence-corrected chi connectivity index (χ2v) is 10.8. The Bertz CT molecular complexity index is 1340. The molecule has 3 aromatic rings. The van der Waals surface area contributed by atoms with Crippen LogP contribution in [0.5, 0.6) is 0 Å². The smallest absolute Gasteiger partial charge is 0.348 e. The normalized spacial score (nSPS) is 14.6. The van der Waals surface area contributed by atoms with Gasteiger partial charge >= 0.3 is 5.97 Å². The van der Waals surface area contributed by atoms with Crippen molar-refractivity contribution in [3.8, 4) is 22.5 Å². The van der Waals surface area contributed by atoms with E-state index in [9.17, 15) is 9.59 Å². The molecule has 0 fully saturated rings. The lowest BCUT2D eigenvalue weighted by atomic mass is 10.00. The summed E-state index contributed by atoms with van der Waals surface area (Å²) >= 11 is 0. The molecule has 0 aliphatic carbocycles. The fourth-order valence-electron chi connectivity index (χ4n) is 5.05. The van der Waals surface area contributed by atoms with Crippen LogP contribution >= 0.6 is 0 Å². The summed E-state index contributed by atoms with van der Waals surface area (Å²) in [5.41, 5.74) is 5.98. The molecule has 1 unspecified atom stereocenters. The maximum absolute atomic E-state index is 12.2. The van der Waals surface area contributed by atoms with Gasteiger partial charge in [0.25, 0.3) is 0 Å². The SMILES string of the molecule is CCCCCCCCCCCCNC(=O)C=Cc1ccc(-c2[nH]cnc2-c2ccc(C3=NOC(C(=O)O)C3)cc2)cc1. The number of oxime groups is 1. The minimum absolute atomic E-state index is 0.0667. The van der Waals surface area contributed by atoms with Crippen LogP contribution in [0, 0.1) is 0 Å². The van der Waals surface area contributed by atoms with Gasteiger partial charge in [0, 0.05) is 30.2 Å². The van der Waals surface area contributed by atoms with Crippen LogP contribution in [-0.4, -0.2) is 45.3 Å². The summed E-state index contributed by atoms with van der Waals surface area (Å²) in [6.07, 6.45) is 17.2. The van der Waals surface area contributed by atoms with Gasteiger partial charge in [0.1, 0.15) is 0 Å². The molecule has 8 heteroatoms. The van der Waals surface area contributed by atoms with Crippen LogP contribution in [-0.2, 0) is 14.4 Å². The van der Waals surface area contributed by atoms with Gasteiger partial charge in [-0.1, -0.05) is 118 Å². The highest BCUT2D eigenvalue weighted by Gasteiger charge is 2.28. The molecular weight excluding hydrogens is 528 g/mol. The van der Waals surface area contributed by atoms with Crippen LogP contribution in [0.3, 0.4) is 0 Å². The number of carbonyl (C=O) groups excluding carboxylic acids is 1. The molecule has 4 rings (SSSR count). The number of nitrogens with one attached hydrogen (secondary N) is 2. The maximum atomic E-state index is 12.2. The molecule has 0 bridgehead atoms. The summed E-state index contributed by atoms with van der Waals surface area (Å²) in [6, 6.07) is 15.6. The highest BCUT2D eigenvalue weighted by atomic mass is 16.7. The average molecular weight is 571 g/mol. The minimum atomic E-state index is -1.02. The number of hydrogen-bond acceptors (Lipinski definition) is 5. The van der Waals surface area contributed by atoms with Crippen molar-refractivity contribution in [2.24, 2.45) is 5.16 Å². The Morgan fingerprint density at radius 1 is 0.905 bits per heavy atom. The van der Waals surface area contributed by atoms with Crippen molar-refractivity contribution in [2.45, 2.75) is 83.7 Å². The number of unbranched alkanes of at least 4 members (excludes halogenated alkanes) is 9. The van der Waals surface area contributed by atoms with E-state index >= 15 is 0 Å². The lowest BCUT2D eigenvalue weighted by molar-refractivity contribution is -0.148. The van der Waals surface area contributed by atoms with E-state index in [2.05, 4.69) is 27.4 Å². The predicted molar refractivity (Wildman–Crippen MR) is 167 cm³/mol. The Balaban J connectivity index is 1.21. The van der Waals surface area contributed by atoms with Crippen molar-refractivity contribution in [2.75, 3.05) is 6.54 Å². The lowest BCUT2D eigenvalue weighted by Crippen LogP contribution is -2.21. The summed E-state index contributed by atoms with van der Waals surface area (Å²) in [6.45, 7) is 2.97. The highest BCUT2D eigenvalue weighted by Crippen LogP contribution is 2.30. The van der Waals surface area contributed by atoms with E-state index in [1.54, 1.807) is 12.4 Å². The van der Waals surface area contributed by atoms with Crippen LogP contribution in [0.25, 0.3) is 28.6 Å². The molecule has 2 aromatic carbocycles. The van der Waals surface area contributed by atoms with Gasteiger partial charge in [-0.2, -0.15) is 0 Å². The van der Waals surface area contributed by atoms with E-state index in [-0.39, 0.29) is 12.3 Å². The molecule has 0 saturated heterocycles. The summed E-state index contributed by atoms with van der Waals surface area (Å²) in [4.78, 5) is 36.1. The molecule has 1 aliphatic heterocycles. The Morgan fingerprint density at radius 3 is 2.17 bits per heavy atom. The maximum Gasteiger partial charge on any atom is 0.348 e. The van der Waals surface area contributed by atoms with Crippen molar-refractivity contribution < 1.29 is 19.5 Å². The lowest BCUT2D eigenvalue weighted by Gasteiger charge is -2.06. The average Bonchev–Trinajstić information content (AvgIpc) is 3.70. The van der Waals surface area contributed by atoms with Crippen LogP contribution < -0.4 is 5.32 Å². The number of hydrogen-bond donors (Lipinski definition) is 3. The van der Waals surface area contributed by atoms with Gasteiger partial charge in [0.2, 0.25) is 12.0 Å². The molecule has 1 aliphatic rings. The van der Waals surface area contributed by atoms with Crippen LogP contribution in [0.2, 0.25) is 0 Å². The number of H-pyrrole nitrogens is 1. The van der Waals surface area contributed by atoms with Crippen LogP contribution in [0.1, 0.15) is 88.7 Å². The second kappa shape index (κ2) is 16.3. The number of amides is 1. The highest BCUT2D eigenvalue weighted by molar-refractivity contribution is 6.03. The first kappa shape index (κ1) is 30.8. The van der Waals surface area contributed by atoms with Crippen molar-refractivity contribution in [3.63, 3.8) is 0 Å². The van der Waals surface area contributed by atoms with Crippen molar-refractivity contribution in [1.82, 2.24) is 15.3 Å². The molecule has 1 atom stereocenters. The summed E-state index contributed by atoms with van der Waals surface area (Å²) in [5, 5.41) is 16.0. The fourth-order valence-corrected chi connectivity index (χ4v) is 5.05. The van der Waals surface area contributed by atoms with Gasteiger partial charge in [-0.15, -0.1) is 0 Å². The summed E-state index contributed by atoms with van der Waals surface area (Å²) in [7, 11) is 0. The molecule has 222 valence electrons. The number of rotatable bonds is 17. The zero-order chi connectivity index (χ0) is 29.6. The number of aromatic nitrogens is 2. The van der Waals surface area contributed by atoms with E-state index in [0.29, 0.717) is 12.3 Å². The van der Waals surface area contributed by atoms with Gasteiger partial charge < -0.3 is 20.2 Å². The molecule has 0 spiro atoms. The van der Waals surface area contributed by atoms with Crippen LogP contribution in [0.4, 0.5) is 0 Å². The van der Waals surface area contributed by atoms with Crippen molar-refractivity contribution in [1.29, 1.82) is 0 Å². The summed E-state index contributed by atoms with van der Waals surface area (Å²) in [5.74, 6) is -1.08. The number of imidazole rings is 1. The largest absolute Gasteiger partial charge is 0.478 e. The number of aliphatic carboxylic acids is 1. The Morgan fingerprint density at radius 2 is 1.52 bits per heavy atom. The zero-order valence-corrected chi connectivity index (χ0v) is 24.5. The van der Waals surface area contributed by atoms with Gasteiger partial charge in [-0.05, 0) is 23.6 Å². The third-order valence-corrected chi connectivity index (χ3v) is 7.53. The molecule has 0 radical (unpaired) electrons. The quantitative estimate of drug-likeness (QED) is 0.116. The van der Waals surface area contributed by atoms with E-state index in [1.807, 2.05) is 54.6 Å². The van der Waals surface area contributed by atoms with E-state index < -0.39 is 12.1 Å². The molecule has 2 heterocycles. The second-order valence-electron chi connectivity index (χ2n) is 10.8. The Labute approximate surface area is 248 Å². The first-order chi connectivity index (χ1) is 20.5. The molecule has 42 heavy (non-hydrogen) atoms. The molecule has 8 nitrogen and oxygen atoms in total. The van der Waals surface area contributed by atoms with E-state index in [0.717, 1.165) is 46.5 Å². The number of nitrogens with zero attached hydrogens (tertiary/aromatic N) is 2. The van der Waals surface area contributed by atoms with E-state index in [4.69, 9.17) is 9.94 Å². The number of aromatic amines is 1. The first-order valence-electron chi connectivity index (χ1n) is 15.2. The van der Waals surface area contributed by atoms with Crippen molar-refractivity contribution in [3.05, 3.63) is 72.1 Å². The monoisotopic (exact) mass is 570 g/mol. The van der Waals surface area contributed by atoms with Gasteiger partial charge in [0.05, 0.1) is 23.4 Å². The third kappa shape index (κ3) is 9.16. The number of carboxylic acid groups (broad SMARTS) is 1. The molecule has 1 amide bonds. The topological polar surface area (TPSA) is 117 Å². The third-order valence-electron chi connectivity index (χ3n) is 7.53. The molecule has 3 N–H and O–H groups in total. The summed E-state index contributed by atoms with van der Waals surface area (Å²) < 4.78 is 0. The first-order valence-corrected chi connectivity index (χ1v) is 15.2. The minimum Gasteiger partial charge on any atom is -0.478 e. The zero-order valence-electron chi connectivity index (χ0n) is 24.5. The Kier molecular flexibility index (Phi) is 11.9. The van der Waals surface area contributed by atoms with Crippen molar-refractivity contribution >= 4 is 23.7 Å². The number of carboxylic acids is 1. The number of carbonyl (C=O) groups is 2. The van der Waals surface area contributed by atoms with Gasteiger partial charge in [-0.25, -0.2) is 9.78 Å². The molecule has 1 aromatic heterocycles. The number of benzene rings is 2. The standard InChI is InChI=1S/C34H42N4O4/c1-2-3-4-5-6-7-8-9-10-11-22-35-31(39)21-14-25-12-15-27(16-13-25)32-33(37-24-36-32)28-19-17-26(18-20-28)29-23-30(34(40)41)42-38-29/h12-21,24,30H,2-11,22-23H2,1H3,(H,35,39)(H,36,37)(H,40,41). The fraction of sp³-hybridized carbons (Fsp3) is 0.412. The predicted octanol–water partition coefficient (Wildman–Crippen LogP) is 7.37. The van der Waals surface area contributed by atoms with E-state index in [1.165, 1.54) is 51.4 Å². The molecular formula is C34H42N4O4. The van der Waals surface area contributed by atoms with Gasteiger partial charge in [0.15, 0.2) is 0 Å². The van der Waals surface area contributed by atoms with Crippen LogP contribution in [0.15, 0.2) is 66.1 Å². The van der Waals surface area contributed by atoms with Gasteiger partial charge in [-0.3, -0.25) is 4.79 Å². The Hall–Kier alpha value is -4.20. The molecule has 0 saturated carbocycles.